The molecule has 4 aromatic rings. The van der Waals surface area contributed by atoms with Crippen molar-refractivity contribution < 1.29 is 0 Å². The van der Waals surface area contributed by atoms with Crippen LogP contribution in [-0.2, 0) is 0 Å². The van der Waals surface area contributed by atoms with Crippen LogP contribution in [0.5, 0.6) is 0 Å². The van der Waals surface area contributed by atoms with Gasteiger partial charge in [-0.2, -0.15) is 15.1 Å². The third-order valence-corrected chi connectivity index (χ3v) is 5.40. The second-order valence-electron chi connectivity index (χ2n) is 7.65. The van der Waals surface area contributed by atoms with Gasteiger partial charge in [-0.05, 0) is 49.6 Å². The summed E-state index contributed by atoms with van der Waals surface area (Å²) in [4.78, 5) is 9.64. The maximum absolute atomic E-state index is 4.83. The number of aromatic nitrogens is 4. The van der Waals surface area contributed by atoms with Gasteiger partial charge in [0.1, 0.15) is 5.82 Å². The van der Waals surface area contributed by atoms with Crippen molar-refractivity contribution in [1.29, 1.82) is 0 Å². The predicted octanol–water partition coefficient (Wildman–Crippen LogP) is 5.22. The van der Waals surface area contributed by atoms with Crippen molar-refractivity contribution in [3.63, 3.8) is 0 Å². The van der Waals surface area contributed by atoms with E-state index in [-0.39, 0.29) is 0 Å². The SMILES string of the molecule is Cc1cccc(Nc2nc(NC3CCCC3)nc3c2cnn3-c2ccccc2)c1. The predicted molar refractivity (Wildman–Crippen MR) is 117 cm³/mol. The van der Waals surface area contributed by atoms with Crippen LogP contribution in [0.25, 0.3) is 16.7 Å². The van der Waals surface area contributed by atoms with Gasteiger partial charge in [-0.15, -0.1) is 0 Å². The number of para-hydroxylation sites is 1. The quantitative estimate of drug-likeness (QED) is 0.494. The van der Waals surface area contributed by atoms with Crippen LogP contribution in [0.4, 0.5) is 17.5 Å². The van der Waals surface area contributed by atoms with Crippen molar-refractivity contribution in [3.05, 3.63) is 66.4 Å². The molecule has 2 heterocycles. The van der Waals surface area contributed by atoms with Gasteiger partial charge in [0, 0.05) is 11.7 Å². The number of aryl methyl sites for hydroxylation is 1. The van der Waals surface area contributed by atoms with Crippen LogP contribution in [0.3, 0.4) is 0 Å². The van der Waals surface area contributed by atoms with Crippen LogP contribution < -0.4 is 10.6 Å². The Labute approximate surface area is 170 Å². The molecule has 2 N–H and O–H groups in total. The van der Waals surface area contributed by atoms with E-state index in [4.69, 9.17) is 9.97 Å². The molecule has 0 radical (unpaired) electrons. The summed E-state index contributed by atoms with van der Waals surface area (Å²) < 4.78 is 1.87. The van der Waals surface area contributed by atoms with Crippen LogP contribution in [0.1, 0.15) is 31.2 Å². The summed E-state index contributed by atoms with van der Waals surface area (Å²) >= 11 is 0. The zero-order chi connectivity index (χ0) is 19.6. The monoisotopic (exact) mass is 384 g/mol. The minimum atomic E-state index is 0.437. The van der Waals surface area contributed by atoms with Gasteiger partial charge in [0.2, 0.25) is 5.95 Å². The van der Waals surface area contributed by atoms with E-state index in [0.29, 0.717) is 12.0 Å². The summed E-state index contributed by atoms with van der Waals surface area (Å²) in [5, 5.41) is 12.5. The molecule has 0 saturated heterocycles. The number of nitrogens with zero attached hydrogens (tertiary/aromatic N) is 4. The lowest BCUT2D eigenvalue weighted by atomic mass is 10.2. The minimum Gasteiger partial charge on any atom is -0.351 e. The summed E-state index contributed by atoms with van der Waals surface area (Å²) in [6.07, 6.45) is 6.69. The minimum absolute atomic E-state index is 0.437. The largest absolute Gasteiger partial charge is 0.351 e. The number of benzene rings is 2. The number of nitrogens with one attached hydrogen (secondary N) is 2. The van der Waals surface area contributed by atoms with E-state index in [9.17, 15) is 0 Å². The maximum Gasteiger partial charge on any atom is 0.226 e. The molecule has 0 spiro atoms. The summed E-state index contributed by atoms with van der Waals surface area (Å²) in [5.41, 5.74) is 3.98. The first kappa shape index (κ1) is 17.7. The fourth-order valence-electron chi connectivity index (χ4n) is 3.94. The van der Waals surface area contributed by atoms with E-state index in [1.807, 2.05) is 53.3 Å². The molecule has 146 valence electrons. The fourth-order valence-corrected chi connectivity index (χ4v) is 3.94. The fraction of sp³-hybridized carbons (Fsp3) is 0.261. The van der Waals surface area contributed by atoms with Gasteiger partial charge in [0.15, 0.2) is 5.65 Å². The number of anilines is 3. The highest BCUT2D eigenvalue weighted by Crippen LogP contribution is 2.28. The van der Waals surface area contributed by atoms with E-state index in [1.165, 1.54) is 31.2 Å². The molecule has 6 heteroatoms. The summed E-state index contributed by atoms with van der Waals surface area (Å²) in [5.74, 6) is 1.42. The molecule has 2 aromatic carbocycles. The molecule has 6 nitrogen and oxygen atoms in total. The van der Waals surface area contributed by atoms with Crippen LogP contribution >= 0.6 is 0 Å². The lowest BCUT2D eigenvalue weighted by Crippen LogP contribution is -2.17. The van der Waals surface area contributed by atoms with Gasteiger partial charge in [0.25, 0.3) is 0 Å². The average molecular weight is 384 g/mol. The molecule has 0 atom stereocenters. The molecule has 0 bridgehead atoms. The number of rotatable bonds is 5. The Morgan fingerprint density at radius 3 is 2.59 bits per heavy atom. The molecule has 29 heavy (non-hydrogen) atoms. The highest BCUT2D eigenvalue weighted by atomic mass is 15.3. The summed E-state index contributed by atoms with van der Waals surface area (Å²) in [7, 11) is 0. The Kier molecular flexibility index (Phi) is 4.60. The van der Waals surface area contributed by atoms with E-state index >= 15 is 0 Å². The van der Waals surface area contributed by atoms with E-state index in [0.717, 1.165) is 28.2 Å². The maximum atomic E-state index is 4.83. The Hall–Kier alpha value is -3.41. The van der Waals surface area contributed by atoms with Gasteiger partial charge in [-0.25, -0.2) is 4.68 Å². The molecule has 1 fully saturated rings. The Balaban J connectivity index is 1.60. The van der Waals surface area contributed by atoms with Crippen molar-refractivity contribution in [3.8, 4) is 5.69 Å². The molecule has 5 rings (SSSR count). The number of hydrogen-bond donors (Lipinski definition) is 2. The Morgan fingerprint density at radius 1 is 0.966 bits per heavy atom. The van der Waals surface area contributed by atoms with Crippen LogP contribution in [0.2, 0.25) is 0 Å². The first-order valence-corrected chi connectivity index (χ1v) is 10.2. The summed E-state index contributed by atoms with van der Waals surface area (Å²) in [6, 6.07) is 18.8. The lowest BCUT2D eigenvalue weighted by Gasteiger charge is -2.14. The molecule has 0 amide bonds. The zero-order valence-electron chi connectivity index (χ0n) is 16.5. The lowest BCUT2D eigenvalue weighted by molar-refractivity contribution is 0.744. The van der Waals surface area contributed by atoms with Gasteiger partial charge in [-0.3, -0.25) is 0 Å². The molecule has 1 aliphatic rings. The molecule has 1 aliphatic carbocycles. The smallest absolute Gasteiger partial charge is 0.226 e. The van der Waals surface area contributed by atoms with Crippen LogP contribution in [-0.4, -0.2) is 25.8 Å². The number of fused-ring (bicyclic) bond motifs is 1. The molecule has 1 saturated carbocycles. The first-order valence-electron chi connectivity index (χ1n) is 10.2. The highest BCUT2D eigenvalue weighted by molar-refractivity contribution is 5.90. The van der Waals surface area contributed by atoms with Crippen molar-refractivity contribution in [2.24, 2.45) is 0 Å². The average Bonchev–Trinajstić information content (AvgIpc) is 3.39. The van der Waals surface area contributed by atoms with E-state index in [1.54, 1.807) is 0 Å². The van der Waals surface area contributed by atoms with E-state index in [2.05, 4.69) is 34.8 Å². The molecular weight excluding hydrogens is 360 g/mol. The summed E-state index contributed by atoms with van der Waals surface area (Å²) in [6.45, 7) is 2.08. The van der Waals surface area contributed by atoms with Crippen molar-refractivity contribution in [2.75, 3.05) is 10.6 Å². The molecule has 0 unspecified atom stereocenters. The standard InChI is InChI=1S/C23H24N6/c1-16-8-7-11-18(14-16)25-21-20-15-24-29(19-12-3-2-4-13-19)22(20)28-23(27-21)26-17-9-5-6-10-17/h2-4,7-8,11-15,17H,5-6,9-10H2,1H3,(H2,25,26,27,28). The van der Waals surface area contributed by atoms with Gasteiger partial charge in [-0.1, -0.05) is 43.2 Å². The molecule has 0 aliphatic heterocycles. The third kappa shape index (κ3) is 3.66. The van der Waals surface area contributed by atoms with Crippen molar-refractivity contribution >= 4 is 28.5 Å². The molecular formula is C23H24N6. The second kappa shape index (κ2) is 7.54. The van der Waals surface area contributed by atoms with Crippen LogP contribution in [0.15, 0.2) is 60.8 Å². The zero-order valence-corrected chi connectivity index (χ0v) is 16.5. The number of hydrogen-bond acceptors (Lipinski definition) is 5. The topological polar surface area (TPSA) is 67.7 Å². The third-order valence-electron chi connectivity index (χ3n) is 5.40. The van der Waals surface area contributed by atoms with Gasteiger partial charge in [0.05, 0.1) is 17.3 Å². The molecule has 2 aromatic heterocycles. The van der Waals surface area contributed by atoms with Crippen molar-refractivity contribution in [1.82, 2.24) is 19.7 Å². The highest BCUT2D eigenvalue weighted by Gasteiger charge is 2.19. The van der Waals surface area contributed by atoms with Gasteiger partial charge >= 0.3 is 0 Å². The van der Waals surface area contributed by atoms with Crippen molar-refractivity contribution in [2.45, 2.75) is 38.6 Å². The van der Waals surface area contributed by atoms with Crippen LogP contribution in [0, 0.1) is 6.92 Å². The Morgan fingerprint density at radius 2 is 1.79 bits per heavy atom. The van der Waals surface area contributed by atoms with E-state index < -0.39 is 0 Å². The second-order valence-corrected chi connectivity index (χ2v) is 7.65. The van der Waals surface area contributed by atoms with Gasteiger partial charge < -0.3 is 10.6 Å². The normalized spacial score (nSPS) is 14.4. The Bertz CT molecular complexity index is 1130. The first-order chi connectivity index (χ1) is 14.3.